The number of ether oxygens (including phenoxy) is 1. The van der Waals surface area contributed by atoms with Gasteiger partial charge in [-0.05, 0) is 38.5 Å². The first kappa shape index (κ1) is 18.2. The van der Waals surface area contributed by atoms with Crippen LogP contribution in [-0.4, -0.2) is 59.9 Å². The van der Waals surface area contributed by atoms with Gasteiger partial charge in [0.05, 0.1) is 6.10 Å². The SMILES string of the molecule is COC1(C(=O)NC2CCN([C@@H]3CCCC[C@H]3O)CC2)CCCCC1. The van der Waals surface area contributed by atoms with Crippen LogP contribution in [0.4, 0.5) is 0 Å². The van der Waals surface area contributed by atoms with Crippen molar-refractivity contribution in [3.63, 3.8) is 0 Å². The van der Waals surface area contributed by atoms with E-state index >= 15 is 0 Å². The average molecular weight is 338 g/mol. The second-order valence-electron chi connectivity index (χ2n) is 7.96. The first-order valence-electron chi connectivity index (χ1n) is 9.93. The van der Waals surface area contributed by atoms with Crippen LogP contribution in [0.15, 0.2) is 0 Å². The Morgan fingerprint density at radius 2 is 1.71 bits per heavy atom. The smallest absolute Gasteiger partial charge is 0.252 e. The van der Waals surface area contributed by atoms with Crippen LogP contribution in [0.3, 0.4) is 0 Å². The van der Waals surface area contributed by atoms with Gasteiger partial charge in [-0.2, -0.15) is 0 Å². The lowest BCUT2D eigenvalue weighted by atomic mass is 9.83. The average Bonchev–Trinajstić information content (AvgIpc) is 2.63. The molecule has 0 bridgehead atoms. The highest BCUT2D eigenvalue weighted by Crippen LogP contribution is 2.32. The van der Waals surface area contributed by atoms with Gasteiger partial charge in [0, 0.05) is 32.3 Å². The van der Waals surface area contributed by atoms with Crippen LogP contribution in [0.1, 0.15) is 70.6 Å². The molecule has 3 aliphatic rings. The summed E-state index contributed by atoms with van der Waals surface area (Å²) in [7, 11) is 1.68. The van der Waals surface area contributed by atoms with Gasteiger partial charge < -0.3 is 15.2 Å². The molecular weight excluding hydrogens is 304 g/mol. The number of nitrogens with one attached hydrogen (secondary N) is 1. The fourth-order valence-corrected chi connectivity index (χ4v) is 4.86. The highest BCUT2D eigenvalue weighted by molar-refractivity contribution is 5.85. The van der Waals surface area contributed by atoms with E-state index in [0.717, 1.165) is 70.9 Å². The number of hydrogen-bond acceptors (Lipinski definition) is 4. The Morgan fingerprint density at radius 3 is 2.33 bits per heavy atom. The number of piperidine rings is 1. The van der Waals surface area contributed by atoms with Gasteiger partial charge in [0.15, 0.2) is 0 Å². The number of hydrogen-bond donors (Lipinski definition) is 2. The molecule has 2 N–H and O–H groups in total. The maximum atomic E-state index is 12.8. The number of carbonyl (C=O) groups is 1. The third kappa shape index (κ3) is 3.94. The summed E-state index contributed by atoms with van der Waals surface area (Å²) in [6, 6.07) is 0.586. The van der Waals surface area contributed by atoms with Crippen LogP contribution in [0.5, 0.6) is 0 Å². The van der Waals surface area contributed by atoms with Crippen molar-refractivity contribution in [1.82, 2.24) is 10.2 Å². The van der Waals surface area contributed by atoms with Crippen LogP contribution in [0, 0.1) is 0 Å². The zero-order valence-electron chi connectivity index (χ0n) is 15.1. The maximum absolute atomic E-state index is 12.8. The van der Waals surface area contributed by atoms with Gasteiger partial charge in [0.25, 0.3) is 5.91 Å². The maximum Gasteiger partial charge on any atom is 0.252 e. The lowest BCUT2D eigenvalue weighted by Gasteiger charge is -2.42. The van der Waals surface area contributed by atoms with Crippen LogP contribution < -0.4 is 5.32 Å². The first-order valence-corrected chi connectivity index (χ1v) is 9.93. The molecule has 2 saturated carbocycles. The minimum atomic E-state index is -0.588. The van der Waals surface area contributed by atoms with Crippen LogP contribution >= 0.6 is 0 Å². The summed E-state index contributed by atoms with van der Waals surface area (Å²) in [6.07, 6.45) is 11.3. The molecule has 0 spiro atoms. The molecule has 138 valence electrons. The van der Waals surface area contributed by atoms with Gasteiger partial charge in [0.2, 0.25) is 0 Å². The van der Waals surface area contributed by atoms with Crippen molar-refractivity contribution in [3.05, 3.63) is 0 Å². The van der Waals surface area contributed by atoms with Crippen molar-refractivity contribution >= 4 is 5.91 Å². The standard InChI is InChI=1S/C19H34N2O3/c1-24-19(11-5-2-6-12-19)18(23)20-15-9-13-21(14-10-15)16-7-3-4-8-17(16)22/h15-17,22H,2-14H2,1H3,(H,20,23)/t16-,17-/m1/s1. The second kappa shape index (κ2) is 8.15. The number of carbonyl (C=O) groups excluding carboxylic acids is 1. The molecule has 24 heavy (non-hydrogen) atoms. The predicted molar refractivity (Wildman–Crippen MR) is 93.8 cm³/mol. The Labute approximate surface area is 146 Å². The Hall–Kier alpha value is -0.650. The molecule has 0 aromatic carbocycles. The number of amides is 1. The largest absolute Gasteiger partial charge is 0.391 e. The summed E-state index contributed by atoms with van der Waals surface area (Å²) < 4.78 is 5.66. The Balaban J connectivity index is 1.49. The van der Waals surface area contributed by atoms with Gasteiger partial charge in [-0.1, -0.05) is 32.1 Å². The Kier molecular flexibility index (Phi) is 6.17. The molecule has 2 aliphatic carbocycles. The molecule has 0 unspecified atom stereocenters. The molecule has 1 heterocycles. The van der Waals surface area contributed by atoms with Crippen LogP contribution in [0.2, 0.25) is 0 Å². The normalized spacial score (nSPS) is 32.4. The molecule has 3 rings (SSSR count). The Morgan fingerprint density at radius 1 is 1.04 bits per heavy atom. The van der Waals surface area contributed by atoms with Gasteiger partial charge in [-0.25, -0.2) is 0 Å². The molecule has 0 aromatic heterocycles. The van der Waals surface area contributed by atoms with E-state index < -0.39 is 5.60 Å². The highest BCUT2D eigenvalue weighted by atomic mass is 16.5. The minimum Gasteiger partial charge on any atom is -0.391 e. The summed E-state index contributed by atoms with van der Waals surface area (Å²) in [6.45, 7) is 1.96. The molecule has 1 aliphatic heterocycles. The third-order valence-electron chi connectivity index (χ3n) is 6.49. The quantitative estimate of drug-likeness (QED) is 0.825. The number of aliphatic hydroxyl groups is 1. The van der Waals surface area contributed by atoms with E-state index in [1.807, 2.05) is 0 Å². The fraction of sp³-hybridized carbons (Fsp3) is 0.947. The van der Waals surface area contributed by atoms with Gasteiger partial charge in [-0.3, -0.25) is 9.69 Å². The van der Waals surface area contributed by atoms with E-state index in [1.54, 1.807) is 7.11 Å². The van der Waals surface area contributed by atoms with E-state index in [1.165, 1.54) is 12.8 Å². The van der Waals surface area contributed by atoms with E-state index in [0.29, 0.717) is 6.04 Å². The molecule has 3 fully saturated rings. The van der Waals surface area contributed by atoms with Crippen molar-refractivity contribution < 1.29 is 14.6 Å². The topological polar surface area (TPSA) is 61.8 Å². The molecule has 0 radical (unpaired) electrons. The summed E-state index contributed by atoms with van der Waals surface area (Å²) in [5.74, 6) is 0.0980. The van der Waals surface area contributed by atoms with E-state index in [-0.39, 0.29) is 18.1 Å². The van der Waals surface area contributed by atoms with Gasteiger partial charge in [-0.15, -0.1) is 0 Å². The van der Waals surface area contributed by atoms with Crippen molar-refractivity contribution in [2.45, 2.75) is 94.4 Å². The monoisotopic (exact) mass is 338 g/mol. The van der Waals surface area contributed by atoms with E-state index in [4.69, 9.17) is 4.74 Å². The van der Waals surface area contributed by atoms with Crippen molar-refractivity contribution in [2.75, 3.05) is 20.2 Å². The molecule has 2 atom stereocenters. The summed E-state index contributed by atoms with van der Waals surface area (Å²) in [5.41, 5.74) is -0.588. The van der Waals surface area contributed by atoms with E-state index in [9.17, 15) is 9.90 Å². The van der Waals surface area contributed by atoms with E-state index in [2.05, 4.69) is 10.2 Å². The van der Waals surface area contributed by atoms with Crippen LogP contribution in [0.25, 0.3) is 0 Å². The van der Waals surface area contributed by atoms with Crippen molar-refractivity contribution in [2.24, 2.45) is 0 Å². The third-order valence-corrected chi connectivity index (χ3v) is 6.49. The lowest BCUT2D eigenvalue weighted by molar-refractivity contribution is -0.148. The number of rotatable bonds is 4. The molecule has 5 nitrogen and oxygen atoms in total. The highest BCUT2D eigenvalue weighted by Gasteiger charge is 2.41. The molecule has 1 saturated heterocycles. The summed E-state index contributed by atoms with van der Waals surface area (Å²) in [5, 5.41) is 13.5. The predicted octanol–water partition coefficient (Wildman–Crippen LogP) is 2.22. The number of nitrogens with zero attached hydrogens (tertiary/aromatic N) is 1. The minimum absolute atomic E-state index is 0.0980. The summed E-state index contributed by atoms with van der Waals surface area (Å²) in [4.78, 5) is 15.2. The fourth-order valence-electron chi connectivity index (χ4n) is 4.86. The van der Waals surface area contributed by atoms with Crippen molar-refractivity contribution in [3.8, 4) is 0 Å². The number of likely N-dealkylation sites (tertiary alicyclic amines) is 1. The van der Waals surface area contributed by atoms with Crippen LogP contribution in [-0.2, 0) is 9.53 Å². The molecular formula is C19H34N2O3. The molecule has 5 heteroatoms. The second-order valence-corrected chi connectivity index (χ2v) is 7.96. The zero-order chi connectivity index (χ0) is 17.0. The van der Waals surface area contributed by atoms with Crippen molar-refractivity contribution in [1.29, 1.82) is 0 Å². The Bertz CT molecular complexity index is 415. The number of aliphatic hydroxyl groups excluding tert-OH is 1. The lowest BCUT2D eigenvalue weighted by Crippen LogP contribution is -2.56. The number of methoxy groups -OCH3 is 1. The van der Waals surface area contributed by atoms with Gasteiger partial charge in [0.1, 0.15) is 5.60 Å². The summed E-state index contributed by atoms with van der Waals surface area (Å²) >= 11 is 0. The first-order chi connectivity index (χ1) is 11.6. The zero-order valence-corrected chi connectivity index (χ0v) is 15.1. The molecule has 0 aromatic rings. The molecule has 1 amide bonds. The van der Waals surface area contributed by atoms with Gasteiger partial charge >= 0.3 is 0 Å².